The Hall–Kier alpha value is -3.65. The second kappa shape index (κ2) is 7.16. The Balaban J connectivity index is 1.67. The second-order valence-electron chi connectivity index (χ2n) is 5.98. The molecule has 8 nitrogen and oxygen atoms in total. The first-order valence-corrected chi connectivity index (χ1v) is 8.68. The van der Waals surface area contributed by atoms with Gasteiger partial charge in [0.1, 0.15) is 5.76 Å². The number of anilines is 2. The van der Waals surface area contributed by atoms with Gasteiger partial charge in [-0.25, -0.2) is 4.98 Å². The van der Waals surface area contributed by atoms with Gasteiger partial charge in [-0.05, 0) is 37.3 Å². The van der Waals surface area contributed by atoms with Gasteiger partial charge in [0, 0.05) is 23.0 Å². The smallest absolute Gasteiger partial charge is 0.292 e. The van der Waals surface area contributed by atoms with E-state index in [4.69, 9.17) is 16.1 Å². The summed E-state index contributed by atoms with van der Waals surface area (Å²) < 4.78 is 6.49. The maximum atomic E-state index is 12.7. The molecule has 0 unspecified atom stereocenters. The van der Waals surface area contributed by atoms with Crippen LogP contribution in [0.15, 0.2) is 59.3 Å². The molecule has 0 spiro atoms. The van der Waals surface area contributed by atoms with Crippen LogP contribution in [-0.2, 0) is 0 Å². The molecule has 0 saturated heterocycles. The molecule has 9 heteroatoms. The van der Waals surface area contributed by atoms with Gasteiger partial charge in [-0.3, -0.25) is 14.0 Å². The third-order valence-electron chi connectivity index (χ3n) is 3.92. The Morgan fingerprint density at radius 1 is 1.07 bits per heavy atom. The molecule has 2 amide bonds. The number of aromatic nitrogens is 3. The average molecular weight is 396 g/mol. The first-order valence-electron chi connectivity index (χ1n) is 8.30. The van der Waals surface area contributed by atoms with Gasteiger partial charge in [0.2, 0.25) is 5.82 Å². The lowest BCUT2D eigenvalue weighted by atomic mass is 10.3. The number of nitrogens with zero attached hydrogens (tertiary/aromatic N) is 3. The Kier molecular flexibility index (Phi) is 4.54. The van der Waals surface area contributed by atoms with E-state index in [-0.39, 0.29) is 17.3 Å². The van der Waals surface area contributed by atoms with Crippen LogP contribution in [0.25, 0.3) is 5.52 Å². The Morgan fingerprint density at radius 3 is 2.68 bits per heavy atom. The molecule has 0 saturated carbocycles. The maximum absolute atomic E-state index is 12.7. The van der Waals surface area contributed by atoms with E-state index in [1.807, 2.05) is 0 Å². The van der Waals surface area contributed by atoms with Crippen molar-refractivity contribution in [2.75, 3.05) is 10.6 Å². The molecule has 140 valence electrons. The number of amides is 2. The third kappa shape index (κ3) is 3.45. The first-order chi connectivity index (χ1) is 13.5. The summed E-state index contributed by atoms with van der Waals surface area (Å²) in [6.07, 6.45) is 1.66. The summed E-state index contributed by atoms with van der Waals surface area (Å²) in [5.74, 6) is -0.0771. The number of carbonyl (C=O) groups is 2. The molecule has 4 rings (SSSR count). The minimum atomic E-state index is -0.501. The molecule has 0 radical (unpaired) electrons. The van der Waals surface area contributed by atoms with E-state index < -0.39 is 11.8 Å². The zero-order valence-electron chi connectivity index (χ0n) is 14.6. The number of halogens is 1. The predicted molar refractivity (Wildman–Crippen MR) is 104 cm³/mol. The van der Waals surface area contributed by atoms with Crippen molar-refractivity contribution in [2.45, 2.75) is 6.92 Å². The fraction of sp³-hybridized carbons (Fsp3) is 0.0526. The molecule has 28 heavy (non-hydrogen) atoms. The van der Waals surface area contributed by atoms with Crippen LogP contribution in [0.1, 0.15) is 26.9 Å². The minimum absolute atomic E-state index is 0.0667. The van der Waals surface area contributed by atoms with Crippen molar-refractivity contribution in [3.63, 3.8) is 0 Å². The van der Waals surface area contributed by atoms with E-state index in [0.717, 1.165) is 0 Å². The maximum Gasteiger partial charge on any atom is 0.292 e. The van der Waals surface area contributed by atoms with Crippen LogP contribution in [-0.4, -0.2) is 26.4 Å². The number of aryl methyl sites for hydroxylation is 1. The van der Waals surface area contributed by atoms with E-state index in [0.29, 0.717) is 22.0 Å². The van der Waals surface area contributed by atoms with Crippen LogP contribution >= 0.6 is 11.6 Å². The lowest BCUT2D eigenvalue weighted by Crippen LogP contribution is -2.16. The highest BCUT2D eigenvalue weighted by atomic mass is 35.5. The van der Waals surface area contributed by atoms with Crippen LogP contribution in [0.4, 0.5) is 11.5 Å². The molecular weight excluding hydrogens is 382 g/mol. The minimum Gasteiger partial charge on any atom is -0.360 e. The molecule has 3 aromatic heterocycles. The number of imidazole rings is 1. The number of nitrogens with one attached hydrogen (secondary N) is 2. The van der Waals surface area contributed by atoms with Crippen LogP contribution in [0.2, 0.25) is 5.02 Å². The summed E-state index contributed by atoms with van der Waals surface area (Å²) in [5, 5.41) is 9.57. The van der Waals surface area contributed by atoms with Crippen molar-refractivity contribution in [2.24, 2.45) is 0 Å². The van der Waals surface area contributed by atoms with E-state index in [1.165, 1.54) is 0 Å². The highest BCUT2D eigenvalue weighted by molar-refractivity contribution is 6.31. The standard InChI is InChI=1S/C19H14ClN5O3/c1-11-9-15(24-28-11)22-18(26)16-14-7-2-3-8-25(14)17(23-16)19(27)21-13-6-4-5-12(20)10-13/h2-10H,1H3,(H,21,27)(H,22,24,26). The number of hydrogen-bond acceptors (Lipinski definition) is 5. The molecule has 0 fully saturated rings. The van der Waals surface area contributed by atoms with Crippen molar-refractivity contribution >= 4 is 40.4 Å². The number of rotatable bonds is 4. The van der Waals surface area contributed by atoms with Crippen LogP contribution in [0, 0.1) is 6.92 Å². The molecule has 4 aromatic rings. The van der Waals surface area contributed by atoms with E-state index in [9.17, 15) is 9.59 Å². The van der Waals surface area contributed by atoms with Gasteiger partial charge >= 0.3 is 0 Å². The van der Waals surface area contributed by atoms with Gasteiger partial charge in [-0.15, -0.1) is 0 Å². The monoisotopic (exact) mass is 395 g/mol. The average Bonchev–Trinajstić information content (AvgIpc) is 3.25. The largest absolute Gasteiger partial charge is 0.360 e. The summed E-state index contributed by atoms with van der Waals surface area (Å²) in [5.41, 5.74) is 1.10. The number of carbonyl (C=O) groups excluding carboxylic acids is 2. The molecular formula is C19H14ClN5O3. The van der Waals surface area contributed by atoms with E-state index in [1.54, 1.807) is 66.1 Å². The van der Waals surface area contributed by atoms with Crippen molar-refractivity contribution in [1.29, 1.82) is 0 Å². The Bertz CT molecular complexity index is 1200. The molecule has 0 aliphatic carbocycles. The molecule has 0 bridgehead atoms. The van der Waals surface area contributed by atoms with Crippen LogP contribution < -0.4 is 10.6 Å². The highest BCUT2D eigenvalue weighted by Crippen LogP contribution is 2.19. The highest BCUT2D eigenvalue weighted by Gasteiger charge is 2.22. The molecule has 3 heterocycles. The molecule has 0 aliphatic rings. The lowest BCUT2D eigenvalue weighted by molar-refractivity contribution is 0.101. The topological polar surface area (TPSA) is 102 Å². The van der Waals surface area contributed by atoms with Gasteiger partial charge in [0.15, 0.2) is 11.5 Å². The number of hydrogen-bond donors (Lipinski definition) is 2. The molecule has 0 atom stereocenters. The summed E-state index contributed by atoms with van der Waals surface area (Å²) in [4.78, 5) is 29.7. The number of benzene rings is 1. The predicted octanol–water partition coefficient (Wildman–Crippen LogP) is 3.79. The van der Waals surface area contributed by atoms with Crippen molar-refractivity contribution in [3.05, 3.63) is 77.0 Å². The fourth-order valence-corrected chi connectivity index (χ4v) is 2.91. The Labute approximate surface area is 164 Å². The Morgan fingerprint density at radius 2 is 1.93 bits per heavy atom. The molecule has 0 aliphatic heterocycles. The van der Waals surface area contributed by atoms with Gasteiger partial charge < -0.3 is 15.2 Å². The van der Waals surface area contributed by atoms with Gasteiger partial charge in [-0.2, -0.15) is 0 Å². The lowest BCUT2D eigenvalue weighted by Gasteiger charge is -2.04. The SMILES string of the molecule is Cc1cc(NC(=O)c2nc(C(=O)Nc3cccc(Cl)c3)n3ccccc23)no1. The summed E-state index contributed by atoms with van der Waals surface area (Å²) in [7, 11) is 0. The van der Waals surface area contributed by atoms with Crippen molar-refractivity contribution in [1.82, 2.24) is 14.5 Å². The fourth-order valence-electron chi connectivity index (χ4n) is 2.72. The van der Waals surface area contributed by atoms with E-state index >= 15 is 0 Å². The zero-order valence-corrected chi connectivity index (χ0v) is 15.4. The van der Waals surface area contributed by atoms with Gasteiger partial charge in [0.05, 0.1) is 5.52 Å². The van der Waals surface area contributed by atoms with Crippen molar-refractivity contribution in [3.8, 4) is 0 Å². The van der Waals surface area contributed by atoms with Gasteiger partial charge in [-0.1, -0.05) is 28.9 Å². The number of pyridine rings is 1. The molecule has 1 aromatic carbocycles. The summed E-state index contributed by atoms with van der Waals surface area (Å²) in [6.45, 7) is 1.72. The quantitative estimate of drug-likeness (QED) is 0.547. The summed E-state index contributed by atoms with van der Waals surface area (Å²) in [6, 6.07) is 13.5. The number of fused-ring (bicyclic) bond motifs is 1. The second-order valence-corrected chi connectivity index (χ2v) is 6.42. The van der Waals surface area contributed by atoms with Crippen LogP contribution in [0.5, 0.6) is 0 Å². The van der Waals surface area contributed by atoms with E-state index in [2.05, 4.69) is 20.8 Å². The van der Waals surface area contributed by atoms with Crippen LogP contribution in [0.3, 0.4) is 0 Å². The summed E-state index contributed by atoms with van der Waals surface area (Å²) >= 11 is 5.96. The zero-order chi connectivity index (χ0) is 19.7. The third-order valence-corrected chi connectivity index (χ3v) is 4.15. The normalized spacial score (nSPS) is 10.8. The molecule has 2 N–H and O–H groups in total. The van der Waals surface area contributed by atoms with Crippen molar-refractivity contribution < 1.29 is 14.1 Å². The van der Waals surface area contributed by atoms with Gasteiger partial charge in [0.25, 0.3) is 11.8 Å². The first kappa shape index (κ1) is 17.7.